The summed E-state index contributed by atoms with van der Waals surface area (Å²) < 4.78 is 5.19. The van der Waals surface area contributed by atoms with E-state index in [-0.39, 0.29) is 5.75 Å². The summed E-state index contributed by atoms with van der Waals surface area (Å²) >= 11 is 0. The number of aromatic hydroxyl groups is 1. The molecule has 0 saturated heterocycles. The number of alkyl carbamates (subject to hydrolysis) is 1. The Morgan fingerprint density at radius 1 is 1.09 bits per heavy atom. The van der Waals surface area contributed by atoms with Crippen LogP contribution in [0.15, 0.2) is 48.5 Å². The van der Waals surface area contributed by atoms with Gasteiger partial charge in [-0.15, -0.1) is 0 Å². The van der Waals surface area contributed by atoms with Gasteiger partial charge in [-0.05, 0) is 38.0 Å². The minimum atomic E-state index is -0.501. The lowest BCUT2D eigenvalue weighted by molar-refractivity contribution is 0.0523. The predicted molar refractivity (Wildman–Crippen MR) is 86.6 cm³/mol. The van der Waals surface area contributed by atoms with Crippen molar-refractivity contribution in [2.75, 3.05) is 0 Å². The number of hydrogen-bond acceptors (Lipinski definition) is 3. The summed E-state index contributed by atoms with van der Waals surface area (Å²) in [6, 6.07) is 14.9. The van der Waals surface area contributed by atoms with Gasteiger partial charge in [0, 0.05) is 12.1 Å². The van der Waals surface area contributed by atoms with Crippen LogP contribution >= 0.6 is 0 Å². The maximum atomic E-state index is 11.6. The second kappa shape index (κ2) is 6.52. The normalized spacial score (nSPS) is 11.0. The van der Waals surface area contributed by atoms with E-state index in [1.54, 1.807) is 12.1 Å². The van der Waals surface area contributed by atoms with Gasteiger partial charge in [-0.1, -0.05) is 42.5 Å². The van der Waals surface area contributed by atoms with Gasteiger partial charge >= 0.3 is 6.09 Å². The molecule has 2 rings (SSSR count). The average Bonchev–Trinajstić information content (AvgIpc) is 2.45. The Bertz CT molecular complexity index is 642. The van der Waals surface area contributed by atoms with E-state index in [4.69, 9.17) is 4.74 Å². The van der Waals surface area contributed by atoms with Crippen LogP contribution in [0.4, 0.5) is 4.79 Å². The summed E-state index contributed by atoms with van der Waals surface area (Å²) in [5.41, 5.74) is 2.18. The Morgan fingerprint density at radius 2 is 1.73 bits per heavy atom. The van der Waals surface area contributed by atoms with Crippen molar-refractivity contribution in [3.05, 3.63) is 54.1 Å². The molecule has 0 heterocycles. The number of carbonyl (C=O) groups excluding carboxylic acids is 1. The van der Waals surface area contributed by atoms with E-state index < -0.39 is 11.7 Å². The van der Waals surface area contributed by atoms with E-state index in [1.165, 1.54) is 0 Å². The third-order valence-electron chi connectivity index (χ3n) is 3.00. The summed E-state index contributed by atoms with van der Waals surface area (Å²) in [6.07, 6.45) is -0.433. The summed E-state index contributed by atoms with van der Waals surface area (Å²) in [4.78, 5) is 11.6. The van der Waals surface area contributed by atoms with E-state index in [0.717, 1.165) is 16.7 Å². The fourth-order valence-corrected chi connectivity index (χ4v) is 2.01. The van der Waals surface area contributed by atoms with Crippen LogP contribution in [-0.4, -0.2) is 16.8 Å². The molecule has 0 atom stereocenters. The van der Waals surface area contributed by atoms with Crippen molar-refractivity contribution in [2.45, 2.75) is 32.9 Å². The third kappa shape index (κ3) is 4.52. The molecule has 0 aromatic heterocycles. The number of nitrogens with one attached hydrogen (secondary N) is 1. The quantitative estimate of drug-likeness (QED) is 0.897. The van der Waals surface area contributed by atoms with Gasteiger partial charge in [-0.25, -0.2) is 4.79 Å². The van der Waals surface area contributed by atoms with Crippen molar-refractivity contribution in [1.82, 2.24) is 5.32 Å². The first-order valence-corrected chi connectivity index (χ1v) is 7.19. The lowest BCUT2D eigenvalue weighted by atomic mass is 10.0. The molecule has 0 spiro atoms. The molecule has 0 aliphatic rings. The Balaban J connectivity index is 1.98. The Hall–Kier alpha value is -2.49. The van der Waals surface area contributed by atoms with Gasteiger partial charge in [-0.2, -0.15) is 0 Å². The van der Waals surface area contributed by atoms with Crippen LogP contribution < -0.4 is 5.32 Å². The van der Waals surface area contributed by atoms with Gasteiger partial charge < -0.3 is 15.2 Å². The van der Waals surface area contributed by atoms with Crippen LogP contribution in [0.5, 0.6) is 5.75 Å². The molecular formula is C18H21NO3. The second-order valence-electron chi connectivity index (χ2n) is 6.07. The average molecular weight is 299 g/mol. The van der Waals surface area contributed by atoms with Crippen LogP contribution in [0.25, 0.3) is 11.1 Å². The van der Waals surface area contributed by atoms with Crippen LogP contribution in [0.3, 0.4) is 0 Å². The van der Waals surface area contributed by atoms with E-state index in [0.29, 0.717) is 6.54 Å². The topological polar surface area (TPSA) is 58.6 Å². The van der Waals surface area contributed by atoms with E-state index in [2.05, 4.69) is 5.32 Å². The highest BCUT2D eigenvalue weighted by atomic mass is 16.6. The smallest absolute Gasteiger partial charge is 0.407 e. The zero-order chi connectivity index (χ0) is 16.2. The number of para-hydroxylation sites is 1. The van der Waals surface area contributed by atoms with Crippen LogP contribution in [0.1, 0.15) is 26.3 Å². The summed E-state index contributed by atoms with van der Waals surface area (Å²) in [5.74, 6) is 0.252. The van der Waals surface area contributed by atoms with Gasteiger partial charge in [0.1, 0.15) is 11.4 Å². The Labute approximate surface area is 130 Å². The number of rotatable bonds is 3. The Kier molecular flexibility index (Phi) is 4.71. The first-order chi connectivity index (χ1) is 10.3. The minimum Gasteiger partial charge on any atom is -0.507 e. The van der Waals surface area contributed by atoms with Gasteiger partial charge in [-0.3, -0.25) is 0 Å². The van der Waals surface area contributed by atoms with Crippen molar-refractivity contribution in [1.29, 1.82) is 0 Å². The van der Waals surface area contributed by atoms with Gasteiger partial charge in [0.05, 0.1) is 0 Å². The van der Waals surface area contributed by atoms with Crippen LogP contribution in [0, 0.1) is 0 Å². The molecule has 0 fully saturated rings. The monoisotopic (exact) mass is 299 g/mol. The van der Waals surface area contributed by atoms with Crippen molar-refractivity contribution >= 4 is 6.09 Å². The molecule has 0 radical (unpaired) electrons. The molecule has 22 heavy (non-hydrogen) atoms. The molecule has 2 aromatic rings. The molecule has 2 aromatic carbocycles. The molecule has 2 N–H and O–H groups in total. The van der Waals surface area contributed by atoms with Gasteiger partial charge in [0.15, 0.2) is 0 Å². The largest absolute Gasteiger partial charge is 0.507 e. The van der Waals surface area contributed by atoms with Crippen molar-refractivity contribution in [2.24, 2.45) is 0 Å². The molecule has 116 valence electrons. The van der Waals surface area contributed by atoms with E-state index >= 15 is 0 Å². The molecular weight excluding hydrogens is 278 g/mol. The number of phenols is 1. The minimum absolute atomic E-state index is 0.252. The predicted octanol–water partition coefficient (Wildman–Crippen LogP) is 4.08. The van der Waals surface area contributed by atoms with Crippen LogP contribution in [-0.2, 0) is 11.3 Å². The second-order valence-corrected chi connectivity index (χ2v) is 6.07. The van der Waals surface area contributed by atoms with Crippen molar-refractivity contribution in [3.8, 4) is 16.9 Å². The van der Waals surface area contributed by atoms with Crippen LogP contribution in [0.2, 0.25) is 0 Å². The molecule has 0 aliphatic heterocycles. The highest BCUT2D eigenvalue weighted by Crippen LogP contribution is 2.28. The number of phenolic OH excluding ortho intramolecular Hbond substituents is 1. The Morgan fingerprint density at radius 3 is 2.32 bits per heavy atom. The number of benzene rings is 2. The number of carbonyl (C=O) groups is 1. The van der Waals surface area contributed by atoms with Crippen molar-refractivity contribution in [3.63, 3.8) is 0 Å². The van der Waals surface area contributed by atoms with Gasteiger partial charge in [0.2, 0.25) is 0 Å². The first-order valence-electron chi connectivity index (χ1n) is 7.19. The molecule has 4 heteroatoms. The zero-order valence-electron chi connectivity index (χ0n) is 13.1. The molecule has 0 saturated carbocycles. The standard InChI is InChI=1S/C18H21NO3/c1-18(2,3)22-17(21)19-12-13-8-10-14(11-9-13)15-6-4-5-7-16(15)20/h4-11,20H,12H2,1-3H3,(H,19,21). The molecule has 1 amide bonds. The number of amides is 1. The summed E-state index contributed by atoms with van der Waals surface area (Å²) in [5, 5.41) is 12.6. The highest BCUT2D eigenvalue weighted by molar-refractivity contribution is 5.70. The third-order valence-corrected chi connectivity index (χ3v) is 3.00. The lowest BCUT2D eigenvalue weighted by Crippen LogP contribution is -2.32. The zero-order valence-corrected chi connectivity index (χ0v) is 13.1. The van der Waals surface area contributed by atoms with Gasteiger partial charge in [0.25, 0.3) is 0 Å². The maximum Gasteiger partial charge on any atom is 0.407 e. The first kappa shape index (κ1) is 15.9. The SMILES string of the molecule is CC(C)(C)OC(=O)NCc1ccc(-c2ccccc2O)cc1. The molecule has 0 unspecified atom stereocenters. The summed E-state index contributed by atoms with van der Waals surface area (Å²) in [7, 11) is 0. The number of hydrogen-bond donors (Lipinski definition) is 2. The molecule has 4 nitrogen and oxygen atoms in total. The summed E-state index contributed by atoms with van der Waals surface area (Å²) in [6.45, 7) is 5.88. The molecule has 0 bridgehead atoms. The van der Waals surface area contributed by atoms with E-state index in [1.807, 2.05) is 57.2 Å². The molecule has 0 aliphatic carbocycles. The maximum absolute atomic E-state index is 11.6. The fourth-order valence-electron chi connectivity index (χ4n) is 2.01. The van der Waals surface area contributed by atoms with Crippen molar-refractivity contribution < 1.29 is 14.6 Å². The fraction of sp³-hybridized carbons (Fsp3) is 0.278. The lowest BCUT2D eigenvalue weighted by Gasteiger charge is -2.19. The number of ether oxygens (including phenoxy) is 1. The van der Waals surface area contributed by atoms with E-state index in [9.17, 15) is 9.90 Å². The highest BCUT2D eigenvalue weighted by Gasteiger charge is 2.15.